The van der Waals surface area contributed by atoms with Crippen LogP contribution in [0.25, 0.3) is 0 Å². The number of aromatic nitrogens is 4. The van der Waals surface area contributed by atoms with Crippen LogP contribution >= 0.6 is 23.2 Å². The molecule has 28 heavy (non-hydrogen) atoms. The Balaban J connectivity index is 1.75. The largest absolute Gasteiger partial charge is 0.490 e. The molecule has 1 heterocycles. The number of nitrogens with zero attached hydrogens (tertiary/aromatic N) is 4. The maximum atomic E-state index is 6.48. The molecule has 0 radical (unpaired) electrons. The van der Waals surface area contributed by atoms with Gasteiger partial charge in [-0.2, -0.15) is 0 Å². The quantitative estimate of drug-likeness (QED) is 0.544. The molecule has 148 valence electrons. The van der Waals surface area contributed by atoms with Crippen LogP contribution in [0, 0.1) is 0 Å². The predicted molar refractivity (Wildman–Crippen MR) is 109 cm³/mol. The van der Waals surface area contributed by atoms with Gasteiger partial charge in [-0.25, -0.2) is 4.68 Å². The van der Waals surface area contributed by atoms with Crippen molar-refractivity contribution in [2.75, 3.05) is 11.9 Å². The molecular formula is C19H21Cl2N5O2. The lowest BCUT2D eigenvalue weighted by Gasteiger charge is -2.16. The van der Waals surface area contributed by atoms with Gasteiger partial charge in [-0.05, 0) is 59.7 Å². The zero-order chi connectivity index (χ0) is 19.9. The second-order valence-electron chi connectivity index (χ2n) is 5.93. The van der Waals surface area contributed by atoms with E-state index in [0.29, 0.717) is 53.8 Å². The third kappa shape index (κ3) is 5.05. The summed E-state index contributed by atoms with van der Waals surface area (Å²) in [4.78, 5) is 0. The average molecular weight is 422 g/mol. The molecular weight excluding hydrogens is 401 g/mol. The topological polar surface area (TPSA) is 74.1 Å². The molecule has 0 unspecified atom stereocenters. The van der Waals surface area contributed by atoms with Crippen molar-refractivity contribution in [2.45, 2.75) is 33.5 Å². The zero-order valence-corrected chi connectivity index (χ0v) is 17.2. The van der Waals surface area contributed by atoms with Crippen molar-refractivity contribution in [3.05, 3.63) is 57.6 Å². The summed E-state index contributed by atoms with van der Waals surface area (Å²) in [6.07, 6.45) is 0. The first-order valence-electron chi connectivity index (χ1n) is 8.93. The molecule has 0 fully saturated rings. The maximum absolute atomic E-state index is 6.48. The minimum absolute atomic E-state index is 0.337. The number of anilines is 1. The molecule has 3 rings (SSSR count). The number of ether oxygens (including phenoxy) is 2. The van der Waals surface area contributed by atoms with Gasteiger partial charge in [-0.15, -0.1) is 0 Å². The Morgan fingerprint density at radius 1 is 1.07 bits per heavy atom. The Kier molecular flexibility index (Phi) is 6.95. The standard InChI is InChI=1S/C19H21Cl2N5O2/c1-3-26-19(23-24-25-26)22-11-14-9-16(21)18(17(10-14)27-4-2)28-12-13-6-5-7-15(20)8-13/h5-10H,3-4,11-12H2,1-2H3,(H,22,23,25). The summed E-state index contributed by atoms with van der Waals surface area (Å²) in [6.45, 7) is 5.88. The second-order valence-corrected chi connectivity index (χ2v) is 6.77. The van der Waals surface area contributed by atoms with Gasteiger partial charge in [0.1, 0.15) is 6.61 Å². The molecule has 3 aromatic rings. The van der Waals surface area contributed by atoms with Gasteiger partial charge in [0.05, 0.1) is 11.6 Å². The Bertz CT molecular complexity index is 932. The van der Waals surface area contributed by atoms with E-state index in [4.69, 9.17) is 32.7 Å². The summed E-state index contributed by atoms with van der Waals surface area (Å²) in [5.74, 6) is 1.69. The van der Waals surface area contributed by atoms with Crippen LogP contribution in [0.5, 0.6) is 11.5 Å². The summed E-state index contributed by atoms with van der Waals surface area (Å²) in [5, 5.41) is 15.9. The van der Waals surface area contributed by atoms with E-state index in [0.717, 1.165) is 11.1 Å². The van der Waals surface area contributed by atoms with E-state index in [2.05, 4.69) is 20.8 Å². The van der Waals surface area contributed by atoms with Crippen molar-refractivity contribution in [2.24, 2.45) is 0 Å². The van der Waals surface area contributed by atoms with Crippen molar-refractivity contribution in [1.29, 1.82) is 0 Å². The van der Waals surface area contributed by atoms with Gasteiger partial charge in [0.25, 0.3) is 0 Å². The van der Waals surface area contributed by atoms with E-state index in [-0.39, 0.29) is 0 Å². The van der Waals surface area contributed by atoms with E-state index in [1.807, 2.05) is 50.2 Å². The minimum atomic E-state index is 0.337. The highest BCUT2D eigenvalue weighted by atomic mass is 35.5. The van der Waals surface area contributed by atoms with Gasteiger partial charge < -0.3 is 14.8 Å². The molecule has 0 aliphatic rings. The number of halogens is 2. The van der Waals surface area contributed by atoms with Crippen molar-refractivity contribution >= 4 is 29.2 Å². The summed E-state index contributed by atoms with van der Waals surface area (Å²) in [7, 11) is 0. The molecule has 0 amide bonds. The number of benzene rings is 2. The highest BCUT2D eigenvalue weighted by Crippen LogP contribution is 2.37. The molecule has 0 spiro atoms. The highest BCUT2D eigenvalue weighted by Gasteiger charge is 2.14. The molecule has 9 heteroatoms. The smallest absolute Gasteiger partial charge is 0.243 e. The molecule has 0 saturated heterocycles. The lowest BCUT2D eigenvalue weighted by Crippen LogP contribution is -2.08. The van der Waals surface area contributed by atoms with E-state index < -0.39 is 0 Å². The second kappa shape index (κ2) is 9.61. The molecule has 0 bridgehead atoms. The van der Waals surface area contributed by atoms with Gasteiger partial charge in [-0.1, -0.05) is 40.4 Å². The SMILES string of the molecule is CCOc1cc(CNc2nnnn2CC)cc(Cl)c1OCc1cccc(Cl)c1. The first-order valence-corrected chi connectivity index (χ1v) is 9.68. The summed E-state index contributed by atoms with van der Waals surface area (Å²) < 4.78 is 13.3. The average Bonchev–Trinajstić information content (AvgIpc) is 3.13. The molecule has 1 aromatic heterocycles. The van der Waals surface area contributed by atoms with Gasteiger partial charge in [0.2, 0.25) is 5.95 Å². The van der Waals surface area contributed by atoms with Crippen LogP contribution in [0.3, 0.4) is 0 Å². The Hall–Kier alpha value is -2.51. The third-order valence-corrected chi connectivity index (χ3v) is 4.44. The van der Waals surface area contributed by atoms with Crippen LogP contribution < -0.4 is 14.8 Å². The first-order chi connectivity index (χ1) is 13.6. The van der Waals surface area contributed by atoms with E-state index in [1.165, 1.54) is 0 Å². The van der Waals surface area contributed by atoms with Gasteiger partial charge in [0.15, 0.2) is 11.5 Å². The van der Waals surface area contributed by atoms with Crippen LogP contribution in [0.15, 0.2) is 36.4 Å². The van der Waals surface area contributed by atoms with Gasteiger partial charge in [-0.3, -0.25) is 0 Å². The zero-order valence-electron chi connectivity index (χ0n) is 15.7. The Morgan fingerprint density at radius 3 is 2.68 bits per heavy atom. The van der Waals surface area contributed by atoms with Crippen molar-refractivity contribution in [3.63, 3.8) is 0 Å². The fourth-order valence-electron chi connectivity index (χ4n) is 2.63. The molecule has 0 aliphatic heterocycles. The lowest BCUT2D eigenvalue weighted by atomic mass is 10.2. The van der Waals surface area contributed by atoms with Crippen molar-refractivity contribution < 1.29 is 9.47 Å². The van der Waals surface area contributed by atoms with Crippen LogP contribution in [-0.2, 0) is 19.7 Å². The summed E-state index contributed by atoms with van der Waals surface area (Å²) >= 11 is 12.5. The number of hydrogen-bond donors (Lipinski definition) is 1. The fourth-order valence-corrected chi connectivity index (χ4v) is 3.13. The molecule has 7 nitrogen and oxygen atoms in total. The van der Waals surface area contributed by atoms with Crippen LogP contribution in [-0.4, -0.2) is 26.8 Å². The molecule has 2 aromatic carbocycles. The lowest BCUT2D eigenvalue weighted by molar-refractivity contribution is 0.269. The Labute approximate surface area is 173 Å². The number of tetrazole rings is 1. The first kappa shape index (κ1) is 20.2. The third-order valence-electron chi connectivity index (χ3n) is 3.92. The minimum Gasteiger partial charge on any atom is -0.490 e. The summed E-state index contributed by atoms with van der Waals surface area (Å²) in [6, 6.07) is 11.2. The number of nitrogens with one attached hydrogen (secondary N) is 1. The van der Waals surface area contributed by atoms with Crippen LogP contribution in [0.2, 0.25) is 10.0 Å². The van der Waals surface area contributed by atoms with Crippen LogP contribution in [0.4, 0.5) is 5.95 Å². The molecule has 0 aliphatic carbocycles. The fraction of sp³-hybridized carbons (Fsp3) is 0.316. The Morgan fingerprint density at radius 2 is 1.93 bits per heavy atom. The molecule has 0 saturated carbocycles. The van der Waals surface area contributed by atoms with Gasteiger partial charge in [0, 0.05) is 18.1 Å². The maximum Gasteiger partial charge on any atom is 0.243 e. The van der Waals surface area contributed by atoms with E-state index in [9.17, 15) is 0 Å². The van der Waals surface area contributed by atoms with Crippen LogP contribution in [0.1, 0.15) is 25.0 Å². The number of rotatable bonds is 9. The van der Waals surface area contributed by atoms with E-state index >= 15 is 0 Å². The summed E-state index contributed by atoms with van der Waals surface area (Å²) in [5.41, 5.74) is 1.87. The van der Waals surface area contributed by atoms with Crippen molar-refractivity contribution in [3.8, 4) is 11.5 Å². The normalized spacial score (nSPS) is 10.7. The number of hydrogen-bond acceptors (Lipinski definition) is 6. The number of aryl methyl sites for hydroxylation is 1. The monoisotopic (exact) mass is 421 g/mol. The van der Waals surface area contributed by atoms with Crippen molar-refractivity contribution in [1.82, 2.24) is 20.2 Å². The highest BCUT2D eigenvalue weighted by molar-refractivity contribution is 6.32. The van der Waals surface area contributed by atoms with E-state index in [1.54, 1.807) is 4.68 Å². The molecule has 1 N–H and O–H groups in total. The van der Waals surface area contributed by atoms with Gasteiger partial charge >= 0.3 is 0 Å². The molecule has 0 atom stereocenters. The predicted octanol–water partition coefficient (Wildman–Crippen LogP) is 4.59.